The molecule has 1 aliphatic rings. The lowest BCUT2D eigenvalue weighted by Crippen LogP contribution is -2.47. The van der Waals surface area contributed by atoms with Crippen LogP contribution in [0.4, 0.5) is 11.6 Å². The number of nitrogens with zero attached hydrogens (tertiary/aromatic N) is 5. The predicted molar refractivity (Wildman–Crippen MR) is 72.2 cm³/mol. The van der Waals surface area contributed by atoms with Crippen LogP contribution in [0.3, 0.4) is 0 Å². The van der Waals surface area contributed by atoms with Gasteiger partial charge in [-0.25, -0.2) is 9.97 Å². The van der Waals surface area contributed by atoms with Crippen molar-refractivity contribution in [3.63, 3.8) is 0 Å². The fraction of sp³-hybridized carbons (Fsp3) is 0.667. The molecule has 2 rings (SSSR count). The van der Waals surface area contributed by atoms with Crippen molar-refractivity contribution in [2.24, 2.45) is 5.92 Å². The van der Waals surface area contributed by atoms with Crippen LogP contribution in [0.5, 0.6) is 0 Å². The lowest BCUT2D eigenvalue weighted by atomic mass is 10.2. The summed E-state index contributed by atoms with van der Waals surface area (Å²) in [5.74, 6) is 1.25. The van der Waals surface area contributed by atoms with Crippen LogP contribution in [-0.2, 0) is 0 Å². The quantitative estimate of drug-likeness (QED) is 0.600. The molecule has 0 aromatic carbocycles. The van der Waals surface area contributed by atoms with E-state index >= 15 is 0 Å². The van der Waals surface area contributed by atoms with E-state index in [1.165, 1.54) is 12.4 Å². The predicted octanol–water partition coefficient (Wildman–Crippen LogP) is 1.16. The normalized spacial score (nSPS) is 16.9. The van der Waals surface area contributed by atoms with E-state index in [2.05, 4.69) is 33.6 Å². The van der Waals surface area contributed by atoms with Crippen LogP contribution >= 0.6 is 0 Å². The standard InChI is InChI=1S/C12H19N5O2/c1-10(2)9-15-3-5-16(6-4-15)12-13-7-11(8-14-12)17(18)19/h7-8,10H,3-6,9H2,1-2H3. The molecule has 0 spiro atoms. The zero-order valence-corrected chi connectivity index (χ0v) is 11.3. The minimum Gasteiger partial charge on any atom is -0.338 e. The molecule has 1 fully saturated rings. The molecule has 7 nitrogen and oxygen atoms in total. The number of anilines is 1. The first kappa shape index (κ1) is 13.7. The van der Waals surface area contributed by atoms with Gasteiger partial charge in [0.15, 0.2) is 0 Å². The van der Waals surface area contributed by atoms with Gasteiger partial charge < -0.3 is 4.90 Å². The highest BCUT2D eigenvalue weighted by Gasteiger charge is 2.20. The third-order valence-corrected chi connectivity index (χ3v) is 3.11. The Morgan fingerprint density at radius 1 is 1.26 bits per heavy atom. The fourth-order valence-electron chi connectivity index (χ4n) is 2.22. The SMILES string of the molecule is CC(C)CN1CCN(c2ncc([N+](=O)[O-])cn2)CC1. The van der Waals surface area contributed by atoms with Crippen molar-refractivity contribution in [1.82, 2.24) is 14.9 Å². The van der Waals surface area contributed by atoms with Crippen molar-refractivity contribution < 1.29 is 4.92 Å². The summed E-state index contributed by atoms with van der Waals surface area (Å²) in [6.07, 6.45) is 2.53. The smallest absolute Gasteiger partial charge is 0.305 e. The molecule has 0 atom stereocenters. The van der Waals surface area contributed by atoms with E-state index in [-0.39, 0.29) is 5.69 Å². The summed E-state index contributed by atoms with van der Waals surface area (Å²) in [6, 6.07) is 0. The third kappa shape index (κ3) is 3.60. The van der Waals surface area contributed by atoms with Crippen LogP contribution < -0.4 is 4.90 Å². The number of piperazine rings is 1. The zero-order valence-electron chi connectivity index (χ0n) is 11.3. The summed E-state index contributed by atoms with van der Waals surface area (Å²) in [5.41, 5.74) is -0.0674. The average Bonchev–Trinajstić information content (AvgIpc) is 2.39. The van der Waals surface area contributed by atoms with Gasteiger partial charge >= 0.3 is 5.69 Å². The maximum atomic E-state index is 10.5. The monoisotopic (exact) mass is 265 g/mol. The van der Waals surface area contributed by atoms with Crippen LogP contribution in [0.15, 0.2) is 12.4 Å². The first-order valence-electron chi connectivity index (χ1n) is 6.50. The van der Waals surface area contributed by atoms with Crippen molar-refractivity contribution in [3.05, 3.63) is 22.5 Å². The van der Waals surface area contributed by atoms with Crippen molar-refractivity contribution in [1.29, 1.82) is 0 Å². The molecule has 2 heterocycles. The summed E-state index contributed by atoms with van der Waals surface area (Å²) >= 11 is 0. The Labute approximate surface area is 112 Å². The molecule has 0 aliphatic carbocycles. The Kier molecular flexibility index (Phi) is 4.26. The van der Waals surface area contributed by atoms with Gasteiger partial charge in [0.2, 0.25) is 5.95 Å². The second kappa shape index (κ2) is 5.92. The Balaban J connectivity index is 1.92. The number of rotatable bonds is 4. The average molecular weight is 265 g/mol. The molecule has 19 heavy (non-hydrogen) atoms. The lowest BCUT2D eigenvalue weighted by molar-refractivity contribution is -0.385. The number of nitro groups is 1. The van der Waals surface area contributed by atoms with Crippen molar-refractivity contribution in [2.45, 2.75) is 13.8 Å². The van der Waals surface area contributed by atoms with Crippen LogP contribution in [0.2, 0.25) is 0 Å². The molecule has 0 bridgehead atoms. The highest BCUT2D eigenvalue weighted by molar-refractivity contribution is 5.34. The van der Waals surface area contributed by atoms with Gasteiger partial charge in [-0.15, -0.1) is 0 Å². The minimum atomic E-state index is -0.482. The van der Waals surface area contributed by atoms with Gasteiger partial charge in [-0.2, -0.15) is 0 Å². The first-order chi connectivity index (χ1) is 9.06. The van der Waals surface area contributed by atoms with Crippen LogP contribution in [0, 0.1) is 16.0 Å². The van der Waals surface area contributed by atoms with Crippen LogP contribution in [0.1, 0.15) is 13.8 Å². The Morgan fingerprint density at radius 3 is 2.32 bits per heavy atom. The second-order valence-corrected chi connectivity index (χ2v) is 5.18. The van der Waals surface area contributed by atoms with Gasteiger partial charge in [0.05, 0.1) is 4.92 Å². The molecule has 1 aromatic heterocycles. The largest absolute Gasteiger partial charge is 0.338 e. The van der Waals surface area contributed by atoms with Gasteiger partial charge in [-0.1, -0.05) is 13.8 Å². The van der Waals surface area contributed by atoms with E-state index in [1.54, 1.807) is 0 Å². The number of hydrogen-bond acceptors (Lipinski definition) is 6. The second-order valence-electron chi connectivity index (χ2n) is 5.18. The van der Waals surface area contributed by atoms with Gasteiger partial charge in [-0.05, 0) is 5.92 Å². The molecule has 1 aromatic rings. The summed E-state index contributed by atoms with van der Waals surface area (Å²) in [4.78, 5) is 22.7. The number of aromatic nitrogens is 2. The summed E-state index contributed by atoms with van der Waals surface area (Å²) in [6.45, 7) is 9.23. The third-order valence-electron chi connectivity index (χ3n) is 3.11. The van der Waals surface area contributed by atoms with Crippen LogP contribution in [0.25, 0.3) is 0 Å². The summed E-state index contributed by atoms with van der Waals surface area (Å²) < 4.78 is 0. The Hall–Kier alpha value is -1.76. The highest BCUT2D eigenvalue weighted by atomic mass is 16.6. The molecule has 104 valence electrons. The van der Waals surface area contributed by atoms with Crippen molar-refractivity contribution in [2.75, 3.05) is 37.6 Å². The Morgan fingerprint density at radius 2 is 1.84 bits per heavy atom. The maximum absolute atomic E-state index is 10.5. The van der Waals surface area contributed by atoms with Gasteiger partial charge in [0, 0.05) is 32.7 Å². The molecule has 1 aliphatic heterocycles. The topological polar surface area (TPSA) is 75.4 Å². The van der Waals surface area contributed by atoms with Crippen LogP contribution in [-0.4, -0.2) is 52.5 Å². The van der Waals surface area contributed by atoms with E-state index in [0.717, 1.165) is 32.7 Å². The fourth-order valence-corrected chi connectivity index (χ4v) is 2.22. The summed E-state index contributed by atoms with van der Waals surface area (Å²) in [7, 11) is 0. The molecule has 0 radical (unpaired) electrons. The van der Waals surface area contributed by atoms with E-state index < -0.39 is 4.92 Å². The zero-order chi connectivity index (χ0) is 13.8. The van der Waals surface area contributed by atoms with Crippen molar-refractivity contribution in [3.8, 4) is 0 Å². The summed E-state index contributed by atoms with van der Waals surface area (Å²) in [5, 5.41) is 10.5. The van der Waals surface area contributed by atoms with Gasteiger partial charge in [-0.3, -0.25) is 15.0 Å². The number of hydrogen-bond donors (Lipinski definition) is 0. The Bertz CT molecular complexity index is 426. The van der Waals surface area contributed by atoms with E-state index in [0.29, 0.717) is 11.9 Å². The first-order valence-corrected chi connectivity index (χ1v) is 6.50. The highest BCUT2D eigenvalue weighted by Crippen LogP contribution is 2.14. The molecular weight excluding hydrogens is 246 g/mol. The lowest BCUT2D eigenvalue weighted by Gasteiger charge is -2.35. The van der Waals surface area contributed by atoms with E-state index in [4.69, 9.17) is 0 Å². The molecule has 0 N–H and O–H groups in total. The molecule has 0 unspecified atom stereocenters. The minimum absolute atomic E-state index is 0.0674. The molecule has 1 saturated heterocycles. The molecule has 7 heteroatoms. The van der Waals surface area contributed by atoms with Gasteiger partial charge in [0.25, 0.3) is 0 Å². The molecule has 0 amide bonds. The van der Waals surface area contributed by atoms with Crippen molar-refractivity contribution >= 4 is 11.6 Å². The van der Waals surface area contributed by atoms with E-state index in [1.807, 2.05) is 0 Å². The van der Waals surface area contributed by atoms with Gasteiger partial charge in [0.1, 0.15) is 12.4 Å². The van der Waals surface area contributed by atoms with E-state index in [9.17, 15) is 10.1 Å². The maximum Gasteiger partial charge on any atom is 0.305 e. The molecular formula is C12H19N5O2. The molecule has 0 saturated carbocycles.